The number of aliphatic hydroxyl groups is 1. The van der Waals surface area contributed by atoms with Gasteiger partial charge in [0.1, 0.15) is 0 Å². The predicted molar refractivity (Wildman–Crippen MR) is 76.7 cm³/mol. The fraction of sp³-hybridized carbons (Fsp3) is 0.455. The molecule has 0 saturated heterocycles. The minimum absolute atomic E-state index is 0.0178. The topological polar surface area (TPSA) is 95.7 Å². The third kappa shape index (κ3) is 6.67. The molecule has 1 rings (SSSR count). The number of amides is 3. The molecule has 19 heavy (non-hydrogen) atoms. The molecular formula is C11H16BrN3O3S. The van der Waals surface area contributed by atoms with Crippen molar-refractivity contribution in [3.05, 3.63) is 20.8 Å². The maximum Gasteiger partial charge on any atom is 0.318 e. The van der Waals surface area contributed by atoms with E-state index in [-0.39, 0.29) is 13.0 Å². The molecule has 0 fully saturated rings. The fourth-order valence-electron chi connectivity index (χ4n) is 1.53. The van der Waals surface area contributed by atoms with E-state index in [1.807, 2.05) is 21.7 Å². The highest BCUT2D eigenvalue weighted by Gasteiger charge is 2.11. The van der Waals surface area contributed by atoms with Gasteiger partial charge < -0.3 is 10.8 Å². The number of nitrogens with two attached hydrogens (primary N) is 1. The Morgan fingerprint density at radius 3 is 2.74 bits per heavy atom. The Bertz CT molecular complexity index is 439. The van der Waals surface area contributed by atoms with E-state index in [4.69, 9.17) is 10.8 Å². The molecule has 8 heteroatoms. The van der Waals surface area contributed by atoms with E-state index in [9.17, 15) is 9.59 Å². The SMILES string of the molecule is NC(=O)NC(=O)CCN(CCO)Cc1cc(Br)cs1. The molecule has 0 saturated carbocycles. The average molecular weight is 350 g/mol. The van der Waals surface area contributed by atoms with Crippen LogP contribution in [0.5, 0.6) is 0 Å². The number of halogens is 1. The van der Waals surface area contributed by atoms with Gasteiger partial charge in [0.05, 0.1) is 6.61 Å². The highest BCUT2D eigenvalue weighted by molar-refractivity contribution is 9.10. The molecule has 106 valence electrons. The van der Waals surface area contributed by atoms with Crippen LogP contribution in [0.2, 0.25) is 0 Å². The van der Waals surface area contributed by atoms with Gasteiger partial charge in [0.2, 0.25) is 5.91 Å². The number of hydrogen-bond acceptors (Lipinski definition) is 5. The van der Waals surface area contributed by atoms with E-state index in [1.165, 1.54) is 0 Å². The Labute approximate surface area is 123 Å². The monoisotopic (exact) mass is 349 g/mol. The molecule has 0 radical (unpaired) electrons. The summed E-state index contributed by atoms with van der Waals surface area (Å²) >= 11 is 4.98. The summed E-state index contributed by atoms with van der Waals surface area (Å²) in [5.41, 5.74) is 4.86. The van der Waals surface area contributed by atoms with Crippen LogP contribution in [0.3, 0.4) is 0 Å². The van der Waals surface area contributed by atoms with Gasteiger partial charge in [-0.05, 0) is 22.0 Å². The second-order valence-corrected chi connectivity index (χ2v) is 5.80. The zero-order chi connectivity index (χ0) is 14.3. The maximum absolute atomic E-state index is 11.3. The molecule has 0 bridgehead atoms. The first-order chi connectivity index (χ1) is 9.01. The number of imide groups is 1. The minimum atomic E-state index is -0.846. The Kier molecular flexibility index (Phi) is 7.00. The molecule has 0 aliphatic carbocycles. The van der Waals surface area contributed by atoms with Crippen molar-refractivity contribution in [2.75, 3.05) is 19.7 Å². The Balaban J connectivity index is 2.44. The van der Waals surface area contributed by atoms with Gasteiger partial charge >= 0.3 is 6.03 Å². The van der Waals surface area contributed by atoms with Crippen molar-refractivity contribution in [2.24, 2.45) is 5.73 Å². The number of aliphatic hydroxyl groups excluding tert-OH is 1. The largest absolute Gasteiger partial charge is 0.395 e. The van der Waals surface area contributed by atoms with E-state index >= 15 is 0 Å². The van der Waals surface area contributed by atoms with Crippen molar-refractivity contribution in [1.29, 1.82) is 0 Å². The zero-order valence-electron chi connectivity index (χ0n) is 10.3. The number of nitrogens with zero attached hydrogens (tertiary/aromatic N) is 1. The fourth-order valence-corrected chi connectivity index (χ4v) is 3.02. The summed E-state index contributed by atoms with van der Waals surface area (Å²) in [6, 6.07) is 1.15. The summed E-state index contributed by atoms with van der Waals surface area (Å²) < 4.78 is 1.02. The first-order valence-electron chi connectivity index (χ1n) is 5.66. The number of primary amides is 1. The molecule has 0 atom stereocenters. The highest BCUT2D eigenvalue weighted by atomic mass is 79.9. The number of hydrogen-bond donors (Lipinski definition) is 3. The van der Waals surface area contributed by atoms with Crippen LogP contribution < -0.4 is 11.1 Å². The van der Waals surface area contributed by atoms with Crippen LogP contribution in [-0.2, 0) is 11.3 Å². The molecule has 0 unspecified atom stereocenters. The predicted octanol–water partition coefficient (Wildman–Crippen LogP) is 0.890. The van der Waals surface area contributed by atoms with E-state index in [1.54, 1.807) is 11.3 Å². The molecule has 0 aromatic carbocycles. The Morgan fingerprint density at radius 1 is 1.47 bits per heavy atom. The lowest BCUT2D eigenvalue weighted by atomic mass is 10.3. The summed E-state index contributed by atoms with van der Waals surface area (Å²) in [4.78, 5) is 24.9. The van der Waals surface area contributed by atoms with Gasteiger partial charge in [-0.2, -0.15) is 0 Å². The minimum Gasteiger partial charge on any atom is -0.395 e. The molecule has 1 aromatic rings. The molecule has 0 spiro atoms. The van der Waals surface area contributed by atoms with Crippen LogP contribution in [0.25, 0.3) is 0 Å². The summed E-state index contributed by atoms with van der Waals surface area (Å²) in [6.07, 6.45) is 0.162. The second kappa shape index (κ2) is 8.26. The number of carbonyl (C=O) groups is 2. The van der Waals surface area contributed by atoms with Gasteiger partial charge in [0.25, 0.3) is 0 Å². The summed E-state index contributed by atoms with van der Waals surface area (Å²) in [7, 11) is 0. The van der Waals surface area contributed by atoms with E-state index in [2.05, 4.69) is 15.9 Å². The molecule has 3 amide bonds. The van der Waals surface area contributed by atoms with Crippen LogP contribution in [0, 0.1) is 0 Å². The molecule has 6 nitrogen and oxygen atoms in total. The van der Waals surface area contributed by atoms with Gasteiger partial charge in [-0.3, -0.25) is 15.0 Å². The van der Waals surface area contributed by atoms with Gasteiger partial charge in [-0.25, -0.2) is 4.79 Å². The molecule has 1 heterocycles. The third-order valence-corrected chi connectivity index (χ3v) is 4.02. The van der Waals surface area contributed by atoms with Gasteiger partial charge in [0.15, 0.2) is 0 Å². The summed E-state index contributed by atoms with van der Waals surface area (Å²) in [5.74, 6) is -0.414. The summed E-state index contributed by atoms with van der Waals surface area (Å²) in [6.45, 7) is 1.60. The van der Waals surface area contributed by atoms with E-state index in [0.29, 0.717) is 19.6 Å². The van der Waals surface area contributed by atoms with E-state index in [0.717, 1.165) is 9.35 Å². The third-order valence-electron chi connectivity index (χ3n) is 2.34. The van der Waals surface area contributed by atoms with Crippen LogP contribution in [0.15, 0.2) is 15.9 Å². The van der Waals surface area contributed by atoms with Crippen molar-refractivity contribution < 1.29 is 14.7 Å². The lowest BCUT2D eigenvalue weighted by Crippen LogP contribution is -2.37. The van der Waals surface area contributed by atoms with Crippen molar-refractivity contribution >= 4 is 39.2 Å². The quantitative estimate of drug-likeness (QED) is 0.681. The van der Waals surface area contributed by atoms with Crippen molar-refractivity contribution in [3.63, 3.8) is 0 Å². The van der Waals surface area contributed by atoms with Crippen LogP contribution in [-0.4, -0.2) is 41.6 Å². The van der Waals surface area contributed by atoms with E-state index < -0.39 is 11.9 Å². The number of carbonyl (C=O) groups excluding carboxylic acids is 2. The Morgan fingerprint density at radius 2 is 2.21 bits per heavy atom. The van der Waals surface area contributed by atoms with Crippen LogP contribution in [0.1, 0.15) is 11.3 Å². The smallest absolute Gasteiger partial charge is 0.318 e. The highest BCUT2D eigenvalue weighted by Crippen LogP contribution is 2.21. The molecule has 0 aliphatic heterocycles. The number of nitrogens with one attached hydrogen (secondary N) is 1. The average Bonchev–Trinajstić information content (AvgIpc) is 2.71. The van der Waals surface area contributed by atoms with Crippen molar-refractivity contribution in [2.45, 2.75) is 13.0 Å². The van der Waals surface area contributed by atoms with Crippen molar-refractivity contribution in [3.8, 4) is 0 Å². The molecule has 4 N–H and O–H groups in total. The number of urea groups is 1. The zero-order valence-corrected chi connectivity index (χ0v) is 12.7. The van der Waals surface area contributed by atoms with Gasteiger partial charge in [0, 0.05) is 40.8 Å². The normalized spacial score (nSPS) is 10.7. The molecule has 1 aromatic heterocycles. The molecular weight excluding hydrogens is 334 g/mol. The number of rotatable bonds is 7. The van der Waals surface area contributed by atoms with Gasteiger partial charge in [-0.15, -0.1) is 11.3 Å². The lowest BCUT2D eigenvalue weighted by Gasteiger charge is -2.19. The summed E-state index contributed by atoms with van der Waals surface area (Å²) in [5, 5.41) is 13.0. The van der Waals surface area contributed by atoms with Gasteiger partial charge in [-0.1, -0.05) is 0 Å². The molecule has 0 aliphatic rings. The van der Waals surface area contributed by atoms with Crippen LogP contribution in [0.4, 0.5) is 4.79 Å². The Hall–Kier alpha value is -0.960. The standard InChI is InChI=1S/C11H16BrN3O3S/c12-8-5-9(19-7-8)6-15(3-4-16)2-1-10(17)14-11(13)18/h5,7,16H,1-4,6H2,(H3,13,14,17,18). The maximum atomic E-state index is 11.3. The van der Waals surface area contributed by atoms with Crippen molar-refractivity contribution in [1.82, 2.24) is 10.2 Å². The first kappa shape index (κ1) is 16.1. The van der Waals surface area contributed by atoms with Crippen LogP contribution >= 0.6 is 27.3 Å². The lowest BCUT2D eigenvalue weighted by molar-refractivity contribution is -0.120. The second-order valence-electron chi connectivity index (χ2n) is 3.89. The first-order valence-corrected chi connectivity index (χ1v) is 7.34. The number of thiophene rings is 1.